The first-order chi connectivity index (χ1) is 10.2. The highest BCUT2D eigenvalue weighted by atomic mass is 32.2. The fourth-order valence-electron chi connectivity index (χ4n) is 3.15. The summed E-state index contributed by atoms with van der Waals surface area (Å²) in [4.78, 5) is 4.52. The number of nitrogens with zero attached hydrogens (tertiary/aromatic N) is 1. The lowest BCUT2D eigenvalue weighted by molar-refractivity contribution is 0.415. The molecule has 4 nitrogen and oxygen atoms in total. The van der Waals surface area contributed by atoms with Gasteiger partial charge in [-0.2, -0.15) is 11.8 Å². The minimum Gasteiger partial charge on any atom is -0.497 e. The highest BCUT2D eigenvalue weighted by Gasteiger charge is 2.53. The lowest BCUT2D eigenvalue weighted by Crippen LogP contribution is -2.23. The predicted molar refractivity (Wildman–Crippen MR) is 90.2 cm³/mol. The Balaban J connectivity index is 1.50. The second kappa shape index (κ2) is 6.18. The van der Waals surface area contributed by atoms with E-state index in [1.165, 1.54) is 30.8 Å². The number of benzene rings is 1. The molecule has 1 atom stereocenters. The first-order valence-corrected chi connectivity index (χ1v) is 8.66. The van der Waals surface area contributed by atoms with Gasteiger partial charge in [0, 0.05) is 12.2 Å². The van der Waals surface area contributed by atoms with Crippen molar-refractivity contribution in [3.8, 4) is 5.75 Å². The zero-order valence-electron chi connectivity index (χ0n) is 12.5. The number of aliphatic imine (C=N–C) groups is 1. The monoisotopic (exact) mass is 305 g/mol. The minimum atomic E-state index is 0.507. The van der Waals surface area contributed by atoms with Crippen molar-refractivity contribution in [1.82, 2.24) is 0 Å². The highest BCUT2D eigenvalue weighted by molar-refractivity contribution is 7.99. The number of hydrogen-bond donors (Lipinski definition) is 2. The van der Waals surface area contributed by atoms with Gasteiger partial charge in [-0.3, -0.25) is 4.99 Å². The number of anilines is 1. The minimum absolute atomic E-state index is 0.507. The molecule has 1 saturated heterocycles. The number of methoxy groups -OCH3 is 1. The fourth-order valence-corrected chi connectivity index (χ4v) is 4.46. The van der Waals surface area contributed by atoms with E-state index in [0.717, 1.165) is 23.9 Å². The molecule has 2 aliphatic rings. The Labute approximate surface area is 130 Å². The van der Waals surface area contributed by atoms with Gasteiger partial charge in [0.1, 0.15) is 5.75 Å². The van der Waals surface area contributed by atoms with E-state index in [2.05, 4.69) is 22.1 Å². The van der Waals surface area contributed by atoms with Crippen molar-refractivity contribution in [2.24, 2.45) is 22.1 Å². The molecule has 1 aliphatic carbocycles. The lowest BCUT2D eigenvalue weighted by Gasteiger charge is -2.21. The van der Waals surface area contributed by atoms with Crippen molar-refractivity contribution in [3.05, 3.63) is 24.3 Å². The molecule has 1 saturated carbocycles. The van der Waals surface area contributed by atoms with Gasteiger partial charge in [0.2, 0.25) is 0 Å². The Morgan fingerprint density at radius 2 is 2.10 bits per heavy atom. The number of hydrogen-bond acceptors (Lipinski definition) is 3. The largest absolute Gasteiger partial charge is 0.497 e. The average Bonchev–Trinajstić information content (AvgIpc) is 3.18. The molecular formula is C16H23N3OS. The lowest BCUT2D eigenvalue weighted by atomic mass is 9.96. The van der Waals surface area contributed by atoms with Crippen molar-refractivity contribution < 1.29 is 4.74 Å². The van der Waals surface area contributed by atoms with E-state index in [9.17, 15) is 0 Å². The summed E-state index contributed by atoms with van der Waals surface area (Å²) in [6, 6.07) is 7.70. The molecule has 1 heterocycles. The van der Waals surface area contributed by atoms with Crippen molar-refractivity contribution >= 4 is 23.4 Å². The molecular weight excluding hydrogens is 282 g/mol. The first-order valence-electron chi connectivity index (χ1n) is 7.51. The molecule has 1 spiro atoms. The molecule has 1 aromatic carbocycles. The Kier molecular flexibility index (Phi) is 4.29. The maximum Gasteiger partial charge on any atom is 0.193 e. The van der Waals surface area contributed by atoms with Gasteiger partial charge in [0.25, 0.3) is 0 Å². The van der Waals surface area contributed by atoms with Crippen molar-refractivity contribution in [2.75, 3.05) is 30.5 Å². The van der Waals surface area contributed by atoms with E-state index in [4.69, 9.17) is 10.5 Å². The van der Waals surface area contributed by atoms with Crippen LogP contribution < -0.4 is 15.8 Å². The van der Waals surface area contributed by atoms with Crippen LogP contribution >= 0.6 is 11.8 Å². The van der Waals surface area contributed by atoms with Crippen molar-refractivity contribution in [1.29, 1.82) is 0 Å². The maximum atomic E-state index is 5.97. The van der Waals surface area contributed by atoms with Crippen LogP contribution in [0.25, 0.3) is 0 Å². The zero-order valence-corrected chi connectivity index (χ0v) is 13.3. The van der Waals surface area contributed by atoms with E-state index in [-0.39, 0.29) is 0 Å². The van der Waals surface area contributed by atoms with Crippen LogP contribution in [0.5, 0.6) is 5.75 Å². The Morgan fingerprint density at radius 1 is 1.38 bits per heavy atom. The van der Waals surface area contributed by atoms with Crippen LogP contribution in [0.15, 0.2) is 29.3 Å². The summed E-state index contributed by atoms with van der Waals surface area (Å²) in [5.41, 5.74) is 7.52. The van der Waals surface area contributed by atoms with Crippen LogP contribution in [0.2, 0.25) is 0 Å². The van der Waals surface area contributed by atoms with Gasteiger partial charge in [-0.1, -0.05) is 0 Å². The van der Waals surface area contributed by atoms with Crippen LogP contribution in [0.4, 0.5) is 5.69 Å². The number of nitrogens with one attached hydrogen (secondary N) is 1. The number of nitrogens with two attached hydrogens (primary N) is 1. The maximum absolute atomic E-state index is 5.97. The van der Waals surface area contributed by atoms with Crippen LogP contribution in [0.3, 0.4) is 0 Å². The van der Waals surface area contributed by atoms with Gasteiger partial charge in [-0.05, 0) is 66.4 Å². The molecule has 3 rings (SSSR count). The summed E-state index contributed by atoms with van der Waals surface area (Å²) >= 11 is 2.09. The van der Waals surface area contributed by atoms with E-state index >= 15 is 0 Å². The summed E-state index contributed by atoms with van der Waals surface area (Å²) in [5, 5.41) is 3.14. The standard InChI is InChI=1S/C16H23N3OS/c1-20-14-4-2-13(3-5-14)19-15(17)18-11-12-10-16(12)6-8-21-9-7-16/h2-5,12H,6-11H2,1H3,(H3,17,18,19). The highest BCUT2D eigenvalue weighted by Crippen LogP contribution is 2.60. The van der Waals surface area contributed by atoms with Crippen LogP contribution in [-0.2, 0) is 0 Å². The third-order valence-corrected chi connectivity index (χ3v) is 5.68. The summed E-state index contributed by atoms with van der Waals surface area (Å²) in [6.45, 7) is 0.861. The molecule has 3 N–H and O–H groups in total. The second-order valence-corrected chi connectivity index (χ2v) is 7.18. The quantitative estimate of drug-likeness (QED) is 0.663. The zero-order chi connectivity index (χ0) is 14.7. The van der Waals surface area contributed by atoms with Gasteiger partial charge < -0.3 is 15.8 Å². The molecule has 2 fully saturated rings. The van der Waals surface area contributed by atoms with E-state index < -0.39 is 0 Å². The topological polar surface area (TPSA) is 59.6 Å². The molecule has 0 bridgehead atoms. The third kappa shape index (κ3) is 3.46. The number of thioether (sulfide) groups is 1. The summed E-state index contributed by atoms with van der Waals surface area (Å²) in [7, 11) is 1.66. The van der Waals surface area contributed by atoms with Gasteiger partial charge in [0.05, 0.1) is 7.11 Å². The molecule has 5 heteroatoms. The summed E-state index contributed by atoms with van der Waals surface area (Å²) in [5.74, 6) is 4.73. The predicted octanol–water partition coefficient (Wildman–Crippen LogP) is 2.96. The summed E-state index contributed by atoms with van der Waals surface area (Å²) in [6.07, 6.45) is 4.07. The number of rotatable bonds is 4. The van der Waals surface area contributed by atoms with Crippen LogP contribution in [0, 0.1) is 11.3 Å². The van der Waals surface area contributed by atoms with Crippen molar-refractivity contribution in [2.45, 2.75) is 19.3 Å². The fraction of sp³-hybridized carbons (Fsp3) is 0.562. The molecule has 0 aromatic heterocycles. The molecule has 1 aliphatic heterocycles. The van der Waals surface area contributed by atoms with Crippen LogP contribution in [0.1, 0.15) is 19.3 Å². The Hall–Kier alpha value is -1.36. The smallest absolute Gasteiger partial charge is 0.193 e. The van der Waals surface area contributed by atoms with Crippen molar-refractivity contribution in [3.63, 3.8) is 0 Å². The average molecular weight is 305 g/mol. The van der Waals surface area contributed by atoms with Gasteiger partial charge in [-0.15, -0.1) is 0 Å². The second-order valence-electron chi connectivity index (χ2n) is 5.96. The number of guanidine groups is 1. The van der Waals surface area contributed by atoms with Crippen LogP contribution in [-0.4, -0.2) is 31.1 Å². The Bertz CT molecular complexity index is 509. The first kappa shape index (κ1) is 14.6. The molecule has 0 amide bonds. The van der Waals surface area contributed by atoms with Gasteiger partial charge in [-0.25, -0.2) is 0 Å². The van der Waals surface area contributed by atoms with Gasteiger partial charge >= 0.3 is 0 Å². The molecule has 1 unspecified atom stereocenters. The van der Waals surface area contributed by atoms with E-state index in [1.807, 2.05) is 24.3 Å². The van der Waals surface area contributed by atoms with E-state index in [0.29, 0.717) is 11.4 Å². The normalized spacial score (nSPS) is 23.9. The van der Waals surface area contributed by atoms with Gasteiger partial charge in [0.15, 0.2) is 5.96 Å². The Morgan fingerprint density at radius 3 is 2.76 bits per heavy atom. The molecule has 0 radical (unpaired) electrons. The molecule has 1 aromatic rings. The van der Waals surface area contributed by atoms with E-state index in [1.54, 1.807) is 7.11 Å². The number of ether oxygens (including phenoxy) is 1. The molecule has 21 heavy (non-hydrogen) atoms. The summed E-state index contributed by atoms with van der Waals surface area (Å²) < 4.78 is 5.13. The molecule has 114 valence electrons. The third-order valence-electron chi connectivity index (χ3n) is 4.69. The SMILES string of the molecule is COc1ccc(NC(N)=NCC2CC23CCSCC3)cc1.